The predicted molar refractivity (Wildman–Crippen MR) is 86.6 cm³/mol. The molecule has 1 saturated carbocycles. The van der Waals surface area contributed by atoms with Crippen LogP contribution in [-0.4, -0.2) is 28.5 Å². The van der Waals surface area contributed by atoms with E-state index in [0.717, 1.165) is 17.7 Å². The Hall–Kier alpha value is -0.580. The summed E-state index contributed by atoms with van der Waals surface area (Å²) in [5, 5.41) is 5.07. The van der Waals surface area contributed by atoms with Crippen molar-refractivity contribution in [1.82, 2.24) is 9.78 Å². The minimum absolute atomic E-state index is 0.0200. The Kier molecular flexibility index (Phi) is 6.08. The second-order valence-corrected chi connectivity index (χ2v) is 6.52. The van der Waals surface area contributed by atoms with Gasteiger partial charge in [-0.15, -0.1) is 0 Å². The van der Waals surface area contributed by atoms with Gasteiger partial charge in [0, 0.05) is 25.3 Å². The number of ether oxygens (including phenoxy) is 1. The van der Waals surface area contributed by atoms with E-state index in [-0.39, 0.29) is 12.1 Å². The zero-order valence-corrected chi connectivity index (χ0v) is 14.2. The third kappa shape index (κ3) is 3.99. The monoisotopic (exact) mass is 313 g/mol. The van der Waals surface area contributed by atoms with E-state index in [0.29, 0.717) is 17.7 Å². The predicted octanol–water partition coefficient (Wildman–Crippen LogP) is 3.24. The fourth-order valence-electron chi connectivity index (χ4n) is 3.52. The summed E-state index contributed by atoms with van der Waals surface area (Å²) >= 11 is 6.33. The summed E-state index contributed by atoms with van der Waals surface area (Å²) < 4.78 is 7.72. The Morgan fingerprint density at radius 2 is 2.05 bits per heavy atom. The molecule has 0 bridgehead atoms. The van der Waals surface area contributed by atoms with Crippen LogP contribution in [0.15, 0.2) is 0 Å². The molecule has 21 heavy (non-hydrogen) atoms. The van der Waals surface area contributed by atoms with Crippen LogP contribution in [0.1, 0.15) is 50.3 Å². The van der Waals surface area contributed by atoms with Gasteiger partial charge >= 0.3 is 0 Å². The number of rotatable bonds is 6. The molecule has 2 atom stereocenters. The number of aromatic nitrogens is 2. The first kappa shape index (κ1) is 16.8. The van der Waals surface area contributed by atoms with Crippen molar-refractivity contribution >= 4 is 11.6 Å². The molecule has 0 aromatic carbocycles. The van der Waals surface area contributed by atoms with Gasteiger partial charge < -0.3 is 10.5 Å². The molecule has 1 aromatic heterocycles. The molecule has 120 valence electrons. The molecule has 0 radical (unpaired) electrons. The molecular weight excluding hydrogens is 286 g/mol. The van der Waals surface area contributed by atoms with E-state index in [1.54, 1.807) is 4.68 Å². The molecule has 1 aromatic rings. The van der Waals surface area contributed by atoms with Gasteiger partial charge in [0.1, 0.15) is 5.15 Å². The molecule has 2 unspecified atom stereocenters. The van der Waals surface area contributed by atoms with Crippen LogP contribution in [0.4, 0.5) is 0 Å². The molecule has 0 spiro atoms. The Morgan fingerprint density at radius 3 is 2.57 bits per heavy atom. The molecule has 2 rings (SSSR count). The second kappa shape index (κ2) is 7.61. The number of nitrogens with zero attached hydrogens (tertiary/aromatic N) is 2. The van der Waals surface area contributed by atoms with E-state index in [9.17, 15) is 0 Å². The van der Waals surface area contributed by atoms with Gasteiger partial charge in [0.2, 0.25) is 0 Å². The van der Waals surface area contributed by atoms with E-state index in [2.05, 4.69) is 5.10 Å². The van der Waals surface area contributed by atoms with E-state index in [1.807, 2.05) is 20.9 Å². The minimum Gasteiger partial charge on any atom is -0.377 e. The first-order chi connectivity index (χ1) is 10.0. The molecule has 1 fully saturated rings. The van der Waals surface area contributed by atoms with Gasteiger partial charge in [-0.2, -0.15) is 5.10 Å². The normalized spacial score (nSPS) is 19.7. The number of nitrogens with two attached hydrogens (primary N) is 1. The number of hydrogen-bond donors (Lipinski definition) is 1. The topological polar surface area (TPSA) is 53.1 Å². The Bertz CT molecular complexity index is 455. The second-order valence-electron chi connectivity index (χ2n) is 6.16. The van der Waals surface area contributed by atoms with Crippen molar-refractivity contribution in [2.75, 3.05) is 6.61 Å². The SMILES string of the molecule is CCOC(C(N)Cc1c(C)nn(C)c1Cl)C1CCCCC1. The van der Waals surface area contributed by atoms with Crippen LogP contribution < -0.4 is 5.73 Å². The molecular formula is C16H28ClN3O. The fourth-order valence-corrected chi connectivity index (χ4v) is 3.77. The van der Waals surface area contributed by atoms with Gasteiger partial charge in [-0.25, -0.2) is 0 Å². The Labute approximate surface area is 133 Å². The highest BCUT2D eigenvalue weighted by Gasteiger charge is 2.30. The van der Waals surface area contributed by atoms with E-state index >= 15 is 0 Å². The van der Waals surface area contributed by atoms with E-state index in [4.69, 9.17) is 22.1 Å². The zero-order chi connectivity index (χ0) is 15.4. The molecule has 0 amide bonds. The number of aryl methyl sites for hydroxylation is 2. The molecule has 0 aliphatic heterocycles. The maximum Gasteiger partial charge on any atom is 0.130 e. The summed E-state index contributed by atoms with van der Waals surface area (Å²) in [5.41, 5.74) is 8.52. The van der Waals surface area contributed by atoms with E-state index < -0.39 is 0 Å². The van der Waals surface area contributed by atoms with Crippen LogP contribution in [0, 0.1) is 12.8 Å². The van der Waals surface area contributed by atoms with Gasteiger partial charge in [-0.05, 0) is 39.0 Å². The van der Waals surface area contributed by atoms with Gasteiger partial charge in [0.15, 0.2) is 0 Å². The summed E-state index contributed by atoms with van der Waals surface area (Å²) in [6, 6.07) is -0.0200. The maximum absolute atomic E-state index is 6.49. The third-order valence-corrected chi connectivity index (χ3v) is 5.08. The van der Waals surface area contributed by atoms with E-state index in [1.165, 1.54) is 32.1 Å². The van der Waals surface area contributed by atoms with Crippen molar-refractivity contribution in [2.45, 2.75) is 64.5 Å². The van der Waals surface area contributed by atoms with Crippen LogP contribution in [0.2, 0.25) is 5.15 Å². The van der Waals surface area contributed by atoms with Gasteiger partial charge in [0.25, 0.3) is 0 Å². The highest BCUT2D eigenvalue weighted by Crippen LogP contribution is 2.31. The van der Waals surface area contributed by atoms with Crippen LogP contribution in [0.3, 0.4) is 0 Å². The highest BCUT2D eigenvalue weighted by atomic mass is 35.5. The average molecular weight is 314 g/mol. The summed E-state index contributed by atoms with van der Waals surface area (Å²) in [6.07, 6.45) is 7.28. The first-order valence-corrected chi connectivity index (χ1v) is 8.47. The lowest BCUT2D eigenvalue weighted by Crippen LogP contribution is -2.44. The van der Waals surface area contributed by atoms with Gasteiger partial charge in [-0.3, -0.25) is 4.68 Å². The van der Waals surface area contributed by atoms with Crippen molar-refractivity contribution in [2.24, 2.45) is 18.7 Å². The van der Waals surface area contributed by atoms with Gasteiger partial charge in [-0.1, -0.05) is 30.9 Å². The van der Waals surface area contributed by atoms with Crippen molar-refractivity contribution in [3.05, 3.63) is 16.4 Å². The zero-order valence-electron chi connectivity index (χ0n) is 13.4. The largest absolute Gasteiger partial charge is 0.377 e. The number of halogens is 1. The van der Waals surface area contributed by atoms with Crippen molar-refractivity contribution < 1.29 is 4.74 Å². The standard InChI is InChI=1S/C16H28ClN3O/c1-4-21-15(12-8-6-5-7-9-12)14(18)10-13-11(2)19-20(3)16(13)17/h12,14-15H,4-10,18H2,1-3H3. The quantitative estimate of drug-likeness (QED) is 0.877. The molecule has 5 heteroatoms. The van der Waals surface area contributed by atoms with Crippen molar-refractivity contribution in [3.63, 3.8) is 0 Å². The third-order valence-electron chi connectivity index (χ3n) is 4.61. The summed E-state index contributed by atoms with van der Waals surface area (Å²) in [4.78, 5) is 0. The van der Waals surface area contributed by atoms with Crippen LogP contribution in [-0.2, 0) is 18.2 Å². The van der Waals surface area contributed by atoms with Crippen LogP contribution in [0.25, 0.3) is 0 Å². The average Bonchev–Trinajstić information content (AvgIpc) is 2.72. The molecule has 0 saturated heterocycles. The molecule has 4 nitrogen and oxygen atoms in total. The smallest absolute Gasteiger partial charge is 0.130 e. The Morgan fingerprint density at radius 1 is 1.38 bits per heavy atom. The molecule has 2 N–H and O–H groups in total. The van der Waals surface area contributed by atoms with Crippen LogP contribution in [0.5, 0.6) is 0 Å². The fraction of sp³-hybridized carbons (Fsp3) is 0.812. The first-order valence-electron chi connectivity index (χ1n) is 8.09. The van der Waals surface area contributed by atoms with Crippen LogP contribution >= 0.6 is 11.6 Å². The Balaban J connectivity index is 2.08. The summed E-state index contributed by atoms with van der Waals surface area (Å²) in [5.74, 6) is 0.587. The lowest BCUT2D eigenvalue weighted by molar-refractivity contribution is -0.00914. The molecule has 1 heterocycles. The molecule has 1 aliphatic rings. The number of hydrogen-bond acceptors (Lipinski definition) is 3. The maximum atomic E-state index is 6.49. The lowest BCUT2D eigenvalue weighted by atomic mass is 9.81. The van der Waals surface area contributed by atoms with Crippen molar-refractivity contribution in [1.29, 1.82) is 0 Å². The van der Waals surface area contributed by atoms with Crippen molar-refractivity contribution in [3.8, 4) is 0 Å². The lowest BCUT2D eigenvalue weighted by Gasteiger charge is -2.34. The molecule has 1 aliphatic carbocycles. The highest BCUT2D eigenvalue weighted by molar-refractivity contribution is 6.30. The van der Waals surface area contributed by atoms with Gasteiger partial charge in [0.05, 0.1) is 11.8 Å². The minimum atomic E-state index is -0.0200. The summed E-state index contributed by atoms with van der Waals surface area (Å²) in [6.45, 7) is 4.75. The summed E-state index contributed by atoms with van der Waals surface area (Å²) in [7, 11) is 1.87.